The third-order valence-electron chi connectivity index (χ3n) is 3.14. The Kier molecular flexibility index (Phi) is 4.52. The van der Waals surface area contributed by atoms with Gasteiger partial charge in [0.05, 0.1) is 12.2 Å². The first-order valence-electron chi connectivity index (χ1n) is 6.63. The van der Waals surface area contributed by atoms with Gasteiger partial charge in [0.2, 0.25) is 0 Å². The molecule has 0 saturated heterocycles. The fourth-order valence-electron chi connectivity index (χ4n) is 2.06. The van der Waals surface area contributed by atoms with Crippen LogP contribution in [0.2, 0.25) is 0 Å². The molecule has 1 aromatic carbocycles. The lowest BCUT2D eigenvalue weighted by molar-refractivity contribution is 0.578. The van der Waals surface area contributed by atoms with Crippen molar-refractivity contribution >= 4 is 5.69 Å². The van der Waals surface area contributed by atoms with Crippen LogP contribution in [0.1, 0.15) is 18.2 Å². The molecule has 0 spiro atoms. The Balaban J connectivity index is 1.99. The van der Waals surface area contributed by atoms with E-state index >= 15 is 0 Å². The first-order valence-corrected chi connectivity index (χ1v) is 6.63. The highest BCUT2D eigenvalue weighted by molar-refractivity contribution is 5.48. The lowest BCUT2D eigenvalue weighted by Crippen LogP contribution is -2.27. The van der Waals surface area contributed by atoms with Gasteiger partial charge in [-0.3, -0.25) is 4.68 Å². The Bertz CT molecular complexity index is 520. The Morgan fingerprint density at radius 3 is 2.84 bits per heavy atom. The van der Waals surface area contributed by atoms with Gasteiger partial charge in [-0.25, -0.2) is 0 Å². The van der Waals surface area contributed by atoms with Gasteiger partial charge in [-0.2, -0.15) is 0 Å². The molecule has 2 N–H and O–H groups in total. The Morgan fingerprint density at radius 1 is 1.37 bits per heavy atom. The molecule has 5 nitrogen and oxygen atoms in total. The standard InChI is InChI=1S/C14H21N5/c1-3-18(14-6-4-5-12(2)9-14)7-8-19-11-13(10-15)16-17-19/h4-6,9,11H,3,7-8,10,15H2,1-2H3. The number of benzene rings is 1. The van der Waals surface area contributed by atoms with Crippen molar-refractivity contribution in [2.75, 3.05) is 18.0 Å². The maximum atomic E-state index is 5.53. The van der Waals surface area contributed by atoms with Gasteiger partial charge in [-0.1, -0.05) is 17.3 Å². The number of likely N-dealkylation sites (N-methyl/N-ethyl adjacent to an activating group) is 1. The van der Waals surface area contributed by atoms with Gasteiger partial charge in [-0.05, 0) is 31.5 Å². The normalized spacial score (nSPS) is 10.7. The van der Waals surface area contributed by atoms with Crippen molar-refractivity contribution in [1.29, 1.82) is 0 Å². The number of hydrogen-bond acceptors (Lipinski definition) is 4. The van der Waals surface area contributed by atoms with E-state index in [1.165, 1.54) is 11.3 Å². The highest BCUT2D eigenvalue weighted by Gasteiger charge is 2.05. The zero-order valence-corrected chi connectivity index (χ0v) is 11.6. The van der Waals surface area contributed by atoms with E-state index in [2.05, 4.69) is 53.3 Å². The number of nitrogens with two attached hydrogens (primary N) is 1. The summed E-state index contributed by atoms with van der Waals surface area (Å²) in [5.74, 6) is 0. The third kappa shape index (κ3) is 3.54. The molecule has 0 fully saturated rings. The Labute approximate surface area is 114 Å². The zero-order valence-electron chi connectivity index (χ0n) is 11.6. The average Bonchev–Trinajstić information content (AvgIpc) is 2.87. The van der Waals surface area contributed by atoms with Crippen molar-refractivity contribution in [1.82, 2.24) is 15.0 Å². The molecule has 0 aliphatic carbocycles. The number of aromatic nitrogens is 3. The molecule has 0 unspecified atom stereocenters. The smallest absolute Gasteiger partial charge is 0.0962 e. The summed E-state index contributed by atoms with van der Waals surface area (Å²) < 4.78 is 1.85. The van der Waals surface area contributed by atoms with Crippen LogP contribution in [-0.4, -0.2) is 28.1 Å². The van der Waals surface area contributed by atoms with Crippen molar-refractivity contribution < 1.29 is 0 Å². The van der Waals surface area contributed by atoms with Gasteiger partial charge in [0.1, 0.15) is 0 Å². The quantitative estimate of drug-likeness (QED) is 0.855. The first-order chi connectivity index (χ1) is 9.22. The molecule has 5 heteroatoms. The van der Waals surface area contributed by atoms with Crippen LogP contribution in [0.4, 0.5) is 5.69 Å². The van der Waals surface area contributed by atoms with Gasteiger partial charge >= 0.3 is 0 Å². The fourth-order valence-corrected chi connectivity index (χ4v) is 2.06. The minimum absolute atomic E-state index is 0.440. The molecule has 0 aliphatic heterocycles. The molecule has 0 amide bonds. The van der Waals surface area contributed by atoms with Crippen LogP contribution in [0.3, 0.4) is 0 Å². The van der Waals surface area contributed by atoms with E-state index in [1.807, 2.05) is 10.9 Å². The predicted molar refractivity (Wildman–Crippen MR) is 77.0 cm³/mol. The summed E-state index contributed by atoms with van der Waals surface area (Å²) in [6, 6.07) is 8.55. The van der Waals surface area contributed by atoms with E-state index < -0.39 is 0 Å². The lowest BCUT2D eigenvalue weighted by atomic mass is 10.2. The minimum atomic E-state index is 0.440. The molecule has 0 bridgehead atoms. The molecule has 0 radical (unpaired) electrons. The monoisotopic (exact) mass is 259 g/mol. The van der Waals surface area contributed by atoms with E-state index in [9.17, 15) is 0 Å². The van der Waals surface area contributed by atoms with Crippen LogP contribution >= 0.6 is 0 Å². The summed E-state index contributed by atoms with van der Waals surface area (Å²) >= 11 is 0. The van der Waals surface area contributed by atoms with Crippen molar-refractivity contribution in [2.24, 2.45) is 5.73 Å². The van der Waals surface area contributed by atoms with Crippen LogP contribution in [0.25, 0.3) is 0 Å². The summed E-state index contributed by atoms with van der Waals surface area (Å²) in [6.07, 6.45) is 1.91. The predicted octanol–water partition coefficient (Wildman–Crippen LogP) is 1.57. The molecule has 2 aromatic rings. The molecule has 2 rings (SSSR count). The van der Waals surface area contributed by atoms with E-state index in [1.54, 1.807) is 0 Å². The lowest BCUT2D eigenvalue weighted by Gasteiger charge is -2.23. The van der Waals surface area contributed by atoms with Gasteiger partial charge in [0.15, 0.2) is 0 Å². The summed E-state index contributed by atoms with van der Waals surface area (Å²) in [6.45, 7) is 7.41. The highest BCUT2D eigenvalue weighted by atomic mass is 15.4. The molecule has 1 aromatic heterocycles. The summed E-state index contributed by atoms with van der Waals surface area (Å²) in [5.41, 5.74) is 8.89. The fraction of sp³-hybridized carbons (Fsp3) is 0.429. The van der Waals surface area contributed by atoms with E-state index in [-0.39, 0.29) is 0 Å². The SMILES string of the molecule is CCN(CCn1cc(CN)nn1)c1cccc(C)c1. The van der Waals surface area contributed by atoms with Gasteiger partial charge in [-0.15, -0.1) is 5.10 Å². The van der Waals surface area contributed by atoms with E-state index in [4.69, 9.17) is 5.73 Å². The van der Waals surface area contributed by atoms with Crippen LogP contribution in [0.15, 0.2) is 30.5 Å². The number of hydrogen-bond donors (Lipinski definition) is 1. The molecule has 102 valence electrons. The number of anilines is 1. The first kappa shape index (κ1) is 13.5. The molecular formula is C14H21N5. The van der Waals surface area contributed by atoms with Gasteiger partial charge in [0.25, 0.3) is 0 Å². The second-order valence-electron chi connectivity index (χ2n) is 4.60. The maximum absolute atomic E-state index is 5.53. The van der Waals surface area contributed by atoms with Crippen molar-refractivity contribution in [3.63, 3.8) is 0 Å². The Hall–Kier alpha value is -1.88. The molecule has 1 heterocycles. The van der Waals surface area contributed by atoms with E-state index in [0.717, 1.165) is 25.3 Å². The summed E-state index contributed by atoms with van der Waals surface area (Å²) in [4.78, 5) is 2.33. The number of aryl methyl sites for hydroxylation is 1. The second kappa shape index (κ2) is 6.33. The van der Waals surface area contributed by atoms with Crippen molar-refractivity contribution in [3.05, 3.63) is 41.7 Å². The van der Waals surface area contributed by atoms with Crippen LogP contribution in [0.5, 0.6) is 0 Å². The summed E-state index contributed by atoms with van der Waals surface area (Å²) in [7, 11) is 0. The summed E-state index contributed by atoms with van der Waals surface area (Å²) in [5, 5.41) is 8.06. The van der Waals surface area contributed by atoms with Crippen molar-refractivity contribution in [2.45, 2.75) is 26.9 Å². The number of nitrogens with zero attached hydrogens (tertiary/aromatic N) is 4. The van der Waals surface area contributed by atoms with Gasteiger partial charge < -0.3 is 10.6 Å². The van der Waals surface area contributed by atoms with Gasteiger partial charge in [0, 0.05) is 31.5 Å². The van der Waals surface area contributed by atoms with E-state index in [0.29, 0.717) is 6.54 Å². The third-order valence-corrected chi connectivity index (χ3v) is 3.14. The van der Waals surface area contributed by atoms with Crippen molar-refractivity contribution in [3.8, 4) is 0 Å². The zero-order chi connectivity index (χ0) is 13.7. The molecular weight excluding hydrogens is 238 g/mol. The molecule has 0 atom stereocenters. The van der Waals surface area contributed by atoms with Crippen LogP contribution in [-0.2, 0) is 13.1 Å². The molecule has 0 saturated carbocycles. The topological polar surface area (TPSA) is 60.0 Å². The Morgan fingerprint density at radius 2 is 2.21 bits per heavy atom. The maximum Gasteiger partial charge on any atom is 0.0962 e. The molecule has 19 heavy (non-hydrogen) atoms. The van der Waals surface area contributed by atoms with Crippen LogP contribution < -0.4 is 10.6 Å². The number of rotatable bonds is 6. The average molecular weight is 259 g/mol. The van der Waals surface area contributed by atoms with Crippen LogP contribution in [0, 0.1) is 6.92 Å². The second-order valence-corrected chi connectivity index (χ2v) is 4.60. The minimum Gasteiger partial charge on any atom is -0.370 e. The largest absolute Gasteiger partial charge is 0.370 e. The molecule has 0 aliphatic rings. The highest BCUT2D eigenvalue weighted by Crippen LogP contribution is 2.15.